The molecule has 0 aromatic heterocycles. The number of halogens is 42. The molecule has 0 spiro atoms. The number of unbranched alkanes of at least 4 members (excludes halogenated alkanes) is 6. The fourth-order valence-corrected chi connectivity index (χ4v) is 12.2. The predicted octanol–water partition coefficient (Wildman–Crippen LogP) is 28.6. The van der Waals surface area contributed by atoms with Crippen molar-refractivity contribution in [2.45, 2.75) is 106 Å². The Hall–Kier alpha value is -10.2. The fourth-order valence-electron chi connectivity index (χ4n) is 10.8. The molecule has 0 aliphatic heterocycles. The maximum absolute atomic E-state index is 13.6. The van der Waals surface area contributed by atoms with E-state index in [-0.39, 0.29) is 0 Å². The van der Waals surface area contributed by atoms with E-state index in [0.29, 0.717) is 24.3 Å². The monoisotopic (exact) mass is 1890 g/mol. The van der Waals surface area contributed by atoms with Gasteiger partial charge in [0.1, 0.15) is 0 Å². The van der Waals surface area contributed by atoms with Gasteiger partial charge < -0.3 is 0 Å². The number of hydrogen-bond donors (Lipinski definition) is 1. The molecule has 0 aliphatic rings. The molecular weight excluding hydrogens is 1840 g/mol. The van der Waals surface area contributed by atoms with E-state index < -0.39 is 338 Å². The Bertz CT molecular complexity index is 4950. The summed E-state index contributed by atoms with van der Waals surface area (Å²) in [6, 6.07) is 1.80. The van der Waals surface area contributed by atoms with Crippen molar-refractivity contribution >= 4 is 24.1 Å². The Balaban J connectivity index is 0.000000313. The number of aryl methyl sites for hydroxylation is 4. The second-order valence-electron chi connectivity index (χ2n) is 25.7. The van der Waals surface area contributed by atoms with Crippen molar-refractivity contribution in [3.63, 3.8) is 0 Å². The molecule has 0 amide bonds. The van der Waals surface area contributed by atoms with E-state index in [4.69, 9.17) is 7.96 Å². The second-order valence-corrected chi connectivity index (χ2v) is 27.3. The van der Waals surface area contributed by atoms with Gasteiger partial charge in [-0.1, -0.05) is 72.1 Å². The minimum atomic E-state index is -2.68. The Morgan fingerprint density at radius 3 is 0.560 bits per heavy atom. The Morgan fingerprint density at radius 1 is 0.232 bits per heavy atom. The Kier molecular flexibility index (Phi) is 39.3. The van der Waals surface area contributed by atoms with Gasteiger partial charge in [0.2, 0.25) is 34.9 Å². The van der Waals surface area contributed by atoms with Crippen LogP contribution < -0.4 is 0 Å². The summed E-state index contributed by atoms with van der Waals surface area (Å²) >= 11 is -1.50. The molecular formula is C79H50AlF42O2P. The summed E-state index contributed by atoms with van der Waals surface area (Å²) in [4.78, 5) is 0. The van der Waals surface area contributed by atoms with E-state index >= 15 is 0 Å². The predicted molar refractivity (Wildman–Crippen MR) is 365 cm³/mol. The van der Waals surface area contributed by atoms with Crippen LogP contribution in [0.3, 0.4) is 0 Å². The van der Waals surface area contributed by atoms with Gasteiger partial charge in [-0.2, -0.15) is 0 Å². The van der Waals surface area contributed by atoms with E-state index in [1.165, 1.54) is 78.7 Å². The molecule has 10 aromatic rings. The Labute approximate surface area is 685 Å². The van der Waals surface area contributed by atoms with Gasteiger partial charge in [0.05, 0.1) is 33.4 Å². The molecule has 680 valence electrons. The molecule has 1 N–H and O–H groups in total. The summed E-state index contributed by atoms with van der Waals surface area (Å²) in [6.07, 6.45) is 16.0. The first kappa shape index (κ1) is 107. The quantitative estimate of drug-likeness (QED) is 0.0246. The third-order valence-electron chi connectivity index (χ3n) is 17.1. The summed E-state index contributed by atoms with van der Waals surface area (Å²) in [7, 11) is 1.23. The van der Waals surface area contributed by atoms with Crippen LogP contribution in [0.2, 0.25) is 0 Å². The van der Waals surface area contributed by atoms with Crippen molar-refractivity contribution in [3.05, 3.63) is 291 Å². The van der Waals surface area contributed by atoms with Gasteiger partial charge in [0.25, 0.3) is 0 Å². The summed E-state index contributed by atoms with van der Waals surface area (Å²) in [5, 5.41) is 0. The zero-order valence-corrected chi connectivity index (χ0v) is 65.6. The third kappa shape index (κ3) is 23.2. The van der Waals surface area contributed by atoms with E-state index in [2.05, 4.69) is 20.8 Å². The zero-order valence-electron chi connectivity index (χ0n) is 63.5. The van der Waals surface area contributed by atoms with Gasteiger partial charge in [-0.05, 0) is 98.9 Å². The Morgan fingerprint density at radius 2 is 0.384 bits per heavy atom. The van der Waals surface area contributed by atoms with Gasteiger partial charge in [0, 0.05) is 22.3 Å². The van der Waals surface area contributed by atoms with Crippen molar-refractivity contribution in [2.75, 3.05) is 12.3 Å². The molecule has 0 fully saturated rings. The molecule has 2 unspecified atom stereocenters. The molecule has 0 heterocycles. The van der Waals surface area contributed by atoms with E-state index in [0.717, 1.165) is 33.6 Å². The first-order valence-electron chi connectivity index (χ1n) is 34.5. The first-order valence-corrected chi connectivity index (χ1v) is 36.9. The topological polar surface area (TPSA) is 37.3 Å². The maximum atomic E-state index is 13.6. The normalized spacial score (nSPS) is 11.2. The van der Waals surface area contributed by atoms with Crippen LogP contribution in [-0.2, 0) is 3.80 Å². The van der Waals surface area contributed by atoms with Crippen molar-refractivity contribution in [1.82, 2.24) is 0 Å². The molecule has 10 aromatic carbocycles. The summed E-state index contributed by atoms with van der Waals surface area (Å²) < 4.78 is 571. The van der Waals surface area contributed by atoms with Crippen molar-refractivity contribution in [3.8, 4) is 55.6 Å². The summed E-state index contributed by atoms with van der Waals surface area (Å²) in [5.41, 5.74) is -18.5. The molecule has 0 saturated carbocycles. The number of benzene rings is 10. The van der Waals surface area contributed by atoms with Crippen LogP contribution in [0.25, 0.3) is 55.6 Å². The van der Waals surface area contributed by atoms with Crippen LogP contribution in [0.5, 0.6) is 0 Å². The van der Waals surface area contributed by atoms with E-state index in [1.807, 2.05) is 0 Å². The van der Waals surface area contributed by atoms with Gasteiger partial charge in [-0.25, -0.2) is 184 Å². The number of hydrogen-bond acceptors (Lipinski definition) is 1. The van der Waals surface area contributed by atoms with Crippen LogP contribution in [0.4, 0.5) is 184 Å². The average Bonchev–Trinajstić information content (AvgIpc) is 0.739. The van der Waals surface area contributed by atoms with Crippen molar-refractivity contribution in [1.29, 1.82) is 0 Å². The molecule has 0 radical (unpaired) electrons. The van der Waals surface area contributed by atoms with Gasteiger partial charge in [-0.15, -0.1) is 8.58 Å². The molecule has 2 nitrogen and oxygen atoms in total. The molecule has 46 heteroatoms. The van der Waals surface area contributed by atoms with Crippen molar-refractivity contribution < 1.29 is 192 Å². The second kappa shape index (κ2) is 45.8. The van der Waals surface area contributed by atoms with E-state index in [9.17, 15) is 184 Å². The zero-order chi connectivity index (χ0) is 95.9. The molecule has 0 bridgehead atoms. The molecule has 125 heavy (non-hydrogen) atoms. The third-order valence-corrected chi connectivity index (χ3v) is 18.8. The van der Waals surface area contributed by atoms with Crippen molar-refractivity contribution in [2.24, 2.45) is 5.92 Å². The van der Waals surface area contributed by atoms with Gasteiger partial charge >= 0.3 is 23.4 Å². The molecule has 0 aliphatic carbocycles. The molecule has 10 rings (SSSR count). The van der Waals surface area contributed by atoms with E-state index in [1.54, 1.807) is 0 Å². The average molecular weight is 1890 g/mol. The van der Waals surface area contributed by atoms with Crippen LogP contribution in [0.15, 0.2) is 24.3 Å². The number of rotatable bonds is 17. The van der Waals surface area contributed by atoms with Crippen LogP contribution in [0, 0.1) is 278 Å². The molecule has 0 saturated heterocycles. The summed E-state index contributed by atoms with van der Waals surface area (Å²) in [6.45, 7) is 10.8. The van der Waals surface area contributed by atoms with Crippen LogP contribution in [0.1, 0.15) is 101 Å². The standard InChI is InChI=1S/C15H33P.4C13H4F8.C12F10.Al.H2O.O/c1-4-6-7-8-9-10-11-13-16-14-15(3)12-5-2;4*1-3-2-4(7(15)10(18)6(3)14)5-8(16)11(19)13(21)12(20)9(5)17;13-3-1(4(14)8(18)11(21)7(3)17)2-5(15)9(19)12(22)10(20)6(2)16;;;/h15-16H,4-14H2,1-3H3;4*2H,1H3;;;1H2;/q;;;;;;+1;;/p-1. The fraction of sp³-hybridized carbons (Fsp3) is 0.241. The van der Waals surface area contributed by atoms with Crippen LogP contribution in [-0.4, -0.2) is 32.0 Å². The van der Waals surface area contributed by atoms with Gasteiger partial charge in [0.15, 0.2) is 209 Å². The minimum absolute atomic E-state index is 0.450. The van der Waals surface area contributed by atoms with Crippen LogP contribution >= 0.6 is 8.58 Å². The molecule has 2 atom stereocenters. The summed E-state index contributed by atoms with van der Waals surface area (Å²) in [5.74, 6) is -95.6. The van der Waals surface area contributed by atoms with Gasteiger partial charge in [-0.3, -0.25) is 0 Å². The first-order chi connectivity index (χ1) is 58.0. The SMILES string of the molecule is CCCCCCCCCPCC(C)CCC.Cc1cc(-c2c(F)c(F)c(F)c(F)c2F)c(F)c(F)c1F.Cc1cc(-c2c(F)c(F)c(F)c(F)c2F)c(F)c(F)c1F.Cc1cc(-c2c(F)c(F)c(F)c(F)c2F)c(F)c(F)c1F.Cc1cc(-c2c(F)c(F)c(F)c(F)c2F)c(F)c(F)c1F.Fc1c(F)c(F)c(-c2c(F)c(F)c(F)c(F)c2F)c(F)c1F.[O]=[Al][OH].